The standard InChI is InChI=1S/C19H25N5O2/c1-13(2)10-17(25)24-9-8-23-12-16(22-18(23)14(24)3)19(26)21-11-15-6-4-5-7-20-15/h4-7,12-14H,8-11H2,1-3H3,(H,21,26)/t14-/m0/s1. The average Bonchev–Trinajstić information content (AvgIpc) is 3.05. The Labute approximate surface area is 153 Å². The molecular weight excluding hydrogens is 330 g/mol. The summed E-state index contributed by atoms with van der Waals surface area (Å²) in [6.45, 7) is 7.70. The third-order valence-electron chi connectivity index (χ3n) is 4.52. The van der Waals surface area contributed by atoms with Crippen molar-refractivity contribution in [2.45, 2.75) is 46.3 Å². The van der Waals surface area contributed by atoms with Crippen LogP contribution in [-0.4, -0.2) is 37.8 Å². The van der Waals surface area contributed by atoms with E-state index in [0.717, 1.165) is 11.5 Å². The van der Waals surface area contributed by atoms with Gasteiger partial charge in [0.25, 0.3) is 5.91 Å². The normalized spacial score (nSPS) is 16.5. The van der Waals surface area contributed by atoms with E-state index in [1.807, 2.05) is 48.4 Å². The Bertz CT molecular complexity index is 784. The summed E-state index contributed by atoms with van der Waals surface area (Å²) < 4.78 is 1.97. The van der Waals surface area contributed by atoms with Crippen LogP contribution in [0.5, 0.6) is 0 Å². The van der Waals surface area contributed by atoms with E-state index in [-0.39, 0.29) is 17.9 Å². The molecule has 0 bridgehead atoms. The summed E-state index contributed by atoms with van der Waals surface area (Å²) >= 11 is 0. The highest BCUT2D eigenvalue weighted by Gasteiger charge is 2.30. The fraction of sp³-hybridized carbons (Fsp3) is 0.474. The third-order valence-corrected chi connectivity index (χ3v) is 4.52. The molecule has 138 valence electrons. The molecule has 3 heterocycles. The lowest BCUT2D eigenvalue weighted by atomic mass is 10.1. The van der Waals surface area contributed by atoms with E-state index in [1.165, 1.54) is 0 Å². The number of fused-ring (bicyclic) bond motifs is 1. The maximum absolute atomic E-state index is 12.4. The molecule has 7 nitrogen and oxygen atoms in total. The van der Waals surface area contributed by atoms with Crippen LogP contribution in [-0.2, 0) is 17.9 Å². The molecule has 1 N–H and O–H groups in total. The molecule has 26 heavy (non-hydrogen) atoms. The number of nitrogens with zero attached hydrogens (tertiary/aromatic N) is 4. The number of nitrogens with one attached hydrogen (secondary N) is 1. The van der Waals surface area contributed by atoms with Crippen LogP contribution in [0.15, 0.2) is 30.6 Å². The van der Waals surface area contributed by atoms with Crippen LogP contribution in [0.2, 0.25) is 0 Å². The molecule has 2 amide bonds. The van der Waals surface area contributed by atoms with Gasteiger partial charge in [0, 0.05) is 31.9 Å². The SMILES string of the molecule is CC(C)CC(=O)N1CCn2cc(C(=O)NCc3ccccn3)nc2[C@@H]1C. The molecule has 2 aromatic heterocycles. The fourth-order valence-corrected chi connectivity index (χ4v) is 3.17. The second-order valence-corrected chi connectivity index (χ2v) is 7.04. The number of pyridine rings is 1. The van der Waals surface area contributed by atoms with Crippen molar-refractivity contribution in [3.63, 3.8) is 0 Å². The van der Waals surface area contributed by atoms with Crippen LogP contribution in [0.3, 0.4) is 0 Å². The zero-order chi connectivity index (χ0) is 18.7. The van der Waals surface area contributed by atoms with Gasteiger partial charge in [-0.25, -0.2) is 4.98 Å². The third kappa shape index (κ3) is 3.92. The van der Waals surface area contributed by atoms with Crippen LogP contribution >= 0.6 is 0 Å². The van der Waals surface area contributed by atoms with Crippen LogP contribution in [0.25, 0.3) is 0 Å². The first-order valence-electron chi connectivity index (χ1n) is 9.00. The molecule has 0 unspecified atom stereocenters. The van der Waals surface area contributed by atoms with Gasteiger partial charge in [0.1, 0.15) is 11.5 Å². The molecule has 0 saturated carbocycles. The quantitative estimate of drug-likeness (QED) is 0.891. The minimum Gasteiger partial charge on any atom is -0.345 e. The Morgan fingerprint density at radius 1 is 1.31 bits per heavy atom. The monoisotopic (exact) mass is 355 g/mol. The smallest absolute Gasteiger partial charge is 0.271 e. The number of hydrogen-bond donors (Lipinski definition) is 1. The van der Waals surface area contributed by atoms with Gasteiger partial charge in [-0.2, -0.15) is 0 Å². The summed E-state index contributed by atoms with van der Waals surface area (Å²) in [7, 11) is 0. The number of aromatic nitrogens is 3. The Kier molecular flexibility index (Phi) is 5.35. The van der Waals surface area contributed by atoms with Crippen LogP contribution in [0.1, 0.15) is 55.2 Å². The number of carbonyl (C=O) groups is 2. The summed E-state index contributed by atoms with van der Waals surface area (Å²) in [4.78, 5) is 35.4. The average molecular weight is 355 g/mol. The Morgan fingerprint density at radius 3 is 2.81 bits per heavy atom. The van der Waals surface area contributed by atoms with Gasteiger partial charge in [-0.05, 0) is 25.0 Å². The molecule has 0 fully saturated rings. The van der Waals surface area contributed by atoms with Crippen molar-refractivity contribution in [3.8, 4) is 0 Å². The van der Waals surface area contributed by atoms with Crippen molar-refractivity contribution in [3.05, 3.63) is 47.8 Å². The Balaban J connectivity index is 1.68. The van der Waals surface area contributed by atoms with Crippen molar-refractivity contribution >= 4 is 11.8 Å². The molecule has 3 rings (SSSR count). The summed E-state index contributed by atoms with van der Waals surface area (Å²) in [5.74, 6) is 0.994. The first kappa shape index (κ1) is 18.1. The molecule has 7 heteroatoms. The fourth-order valence-electron chi connectivity index (χ4n) is 3.17. The van der Waals surface area contributed by atoms with E-state index in [0.29, 0.717) is 37.7 Å². The molecular formula is C19H25N5O2. The number of carbonyl (C=O) groups excluding carboxylic acids is 2. The van der Waals surface area contributed by atoms with Gasteiger partial charge in [-0.3, -0.25) is 14.6 Å². The molecule has 0 aliphatic carbocycles. The second kappa shape index (κ2) is 7.68. The molecule has 2 aromatic rings. The molecule has 0 aromatic carbocycles. The van der Waals surface area contributed by atoms with Gasteiger partial charge in [-0.15, -0.1) is 0 Å². The Morgan fingerprint density at radius 2 is 2.12 bits per heavy atom. The minimum atomic E-state index is -0.232. The lowest BCUT2D eigenvalue weighted by molar-refractivity contribution is -0.135. The lowest BCUT2D eigenvalue weighted by Gasteiger charge is -2.34. The highest BCUT2D eigenvalue weighted by Crippen LogP contribution is 2.26. The summed E-state index contributed by atoms with van der Waals surface area (Å²) in [5, 5.41) is 2.84. The van der Waals surface area contributed by atoms with E-state index >= 15 is 0 Å². The van der Waals surface area contributed by atoms with E-state index in [4.69, 9.17) is 0 Å². The van der Waals surface area contributed by atoms with Gasteiger partial charge in [0.05, 0.1) is 18.3 Å². The zero-order valence-electron chi connectivity index (χ0n) is 15.5. The van der Waals surface area contributed by atoms with Crippen molar-refractivity contribution in [1.29, 1.82) is 0 Å². The molecule has 1 aliphatic rings. The van der Waals surface area contributed by atoms with Crippen LogP contribution in [0, 0.1) is 5.92 Å². The van der Waals surface area contributed by atoms with Gasteiger partial charge in [-0.1, -0.05) is 19.9 Å². The zero-order valence-corrected chi connectivity index (χ0v) is 15.5. The van der Waals surface area contributed by atoms with E-state index in [1.54, 1.807) is 12.4 Å². The maximum Gasteiger partial charge on any atom is 0.271 e. The van der Waals surface area contributed by atoms with Crippen LogP contribution in [0.4, 0.5) is 0 Å². The first-order chi connectivity index (χ1) is 12.5. The minimum absolute atomic E-state index is 0.132. The van der Waals surface area contributed by atoms with Crippen molar-refractivity contribution in [1.82, 2.24) is 24.8 Å². The second-order valence-electron chi connectivity index (χ2n) is 7.04. The highest BCUT2D eigenvalue weighted by atomic mass is 16.2. The number of imidazole rings is 1. The Hall–Kier alpha value is -2.70. The predicted octanol–water partition coefficient (Wildman–Crippen LogP) is 2.16. The first-order valence-corrected chi connectivity index (χ1v) is 9.00. The van der Waals surface area contributed by atoms with E-state index < -0.39 is 0 Å². The van der Waals surface area contributed by atoms with Gasteiger partial charge in [0.15, 0.2) is 0 Å². The van der Waals surface area contributed by atoms with Gasteiger partial charge < -0.3 is 14.8 Å². The van der Waals surface area contributed by atoms with E-state index in [9.17, 15) is 9.59 Å². The number of hydrogen-bond acceptors (Lipinski definition) is 4. The molecule has 1 atom stereocenters. The number of rotatable bonds is 5. The summed E-state index contributed by atoms with van der Waals surface area (Å²) in [6, 6.07) is 5.45. The van der Waals surface area contributed by atoms with Crippen molar-refractivity contribution < 1.29 is 9.59 Å². The van der Waals surface area contributed by atoms with Crippen molar-refractivity contribution in [2.24, 2.45) is 5.92 Å². The predicted molar refractivity (Wildman–Crippen MR) is 97.2 cm³/mol. The van der Waals surface area contributed by atoms with Gasteiger partial charge in [0.2, 0.25) is 5.91 Å². The maximum atomic E-state index is 12.4. The van der Waals surface area contributed by atoms with Crippen LogP contribution < -0.4 is 5.32 Å². The highest BCUT2D eigenvalue weighted by molar-refractivity contribution is 5.92. The topological polar surface area (TPSA) is 80.1 Å². The largest absolute Gasteiger partial charge is 0.345 e. The summed E-state index contributed by atoms with van der Waals surface area (Å²) in [6.07, 6.45) is 3.99. The summed E-state index contributed by atoms with van der Waals surface area (Å²) in [5.41, 5.74) is 1.17. The van der Waals surface area contributed by atoms with Gasteiger partial charge >= 0.3 is 0 Å². The lowest BCUT2D eigenvalue weighted by Crippen LogP contribution is -2.41. The van der Waals surface area contributed by atoms with E-state index in [2.05, 4.69) is 15.3 Å². The molecule has 0 spiro atoms. The molecule has 1 aliphatic heterocycles. The molecule has 0 saturated heterocycles. The van der Waals surface area contributed by atoms with Crippen molar-refractivity contribution in [2.75, 3.05) is 6.54 Å². The molecule has 0 radical (unpaired) electrons. The number of amides is 2.